The van der Waals surface area contributed by atoms with E-state index in [2.05, 4.69) is 0 Å². The molecule has 0 heterocycles. The Morgan fingerprint density at radius 2 is 2.07 bits per heavy atom. The molecule has 3 unspecified atom stereocenters. The van der Waals surface area contributed by atoms with Crippen molar-refractivity contribution in [3.63, 3.8) is 0 Å². The molecule has 2 nitrogen and oxygen atoms in total. The number of amides is 1. The number of allylic oxidation sites excluding steroid dienone is 2. The third-order valence-electron chi connectivity index (χ3n) is 2.44. The van der Waals surface area contributed by atoms with Crippen molar-refractivity contribution in [2.75, 3.05) is 0 Å². The van der Waals surface area contributed by atoms with Crippen LogP contribution in [-0.4, -0.2) is 18.5 Å². The molecule has 1 amide bonds. The molecule has 0 aromatic rings. The highest BCUT2D eigenvalue weighted by molar-refractivity contribution is 5.77. The molecule has 80 valence electrons. The van der Waals surface area contributed by atoms with Crippen LogP contribution in [0.25, 0.3) is 0 Å². The van der Waals surface area contributed by atoms with E-state index in [1.165, 1.54) is 6.08 Å². The number of primary amides is 1. The first kappa shape index (κ1) is 11.1. The molecule has 0 bridgehead atoms. The fraction of sp³-hybridized carbons (Fsp3) is 0.667. The van der Waals surface area contributed by atoms with Crippen molar-refractivity contribution in [1.82, 2.24) is 0 Å². The summed E-state index contributed by atoms with van der Waals surface area (Å²) in [6.45, 7) is 0. The van der Waals surface area contributed by atoms with Crippen LogP contribution in [-0.2, 0) is 4.79 Å². The van der Waals surface area contributed by atoms with Crippen LogP contribution in [0.1, 0.15) is 12.8 Å². The third kappa shape index (κ3) is 2.27. The zero-order valence-corrected chi connectivity index (χ0v) is 7.50. The molecule has 0 aromatic carbocycles. The molecule has 0 saturated carbocycles. The molecule has 0 spiro atoms. The third-order valence-corrected chi connectivity index (χ3v) is 2.44. The molecule has 2 N–H and O–H groups in total. The summed E-state index contributed by atoms with van der Waals surface area (Å²) in [6.07, 6.45) is -1.49. The Kier molecular flexibility index (Phi) is 3.55. The maximum absolute atomic E-state index is 13.0. The Hall–Kier alpha value is -1.00. The molecule has 0 radical (unpaired) electrons. The van der Waals surface area contributed by atoms with E-state index in [0.29, 0.717) is 12.8 Å². The predicted molar refractivity (Wildman–Crippen MR) is 45.4 cm³/mol. The number of carbonyl (C=O) groups excluding carboxylic acids is 1. The van der Waals surface area contributed by atoms with Gasteiger partial charge in [-0.15, -0.1) is 0 Å². The fourth-order valence-corrected chi connectivity index (χ4v) is 1.68. The van der Waals surface area contributed by atoms with Gasteiger partial charge in [-0.3, -0.25) is 4.79 Å². The number of halogens is 3. The SMILES string of the molecule is NC(=O)C1CCC=CC1C(F)C(F)F. The molecule has 1 aliphatic carbocycles. The van der Waals surface area contributed by atoms with E-state index in [0.717, 1.165) is 0 Å². The Balaban J connectivity index is 2.76. The summed E-state index contributed by atoms with van der Waals surface area (Å²) in [5.74, 6) is -2.58. The van der Waals surface area contributed by atoms with Crippen LogP contribution in [0, 0.1) is 11.8 Å². The van der Waals surface area contributed by atoms with Gasteiger partial charge in [0.15, 0.2) is 6.17 Å². The van der Waals surface area contributed by atoms with Crippen LogP contribution in [0.4, 0.5) is 13.2 Å². The van der Waals surface area contributed by atoms with Gasteiger partial charge in [-0.2, -0.15) is 0 Å². The summed E-state index contributed by atoms with van der Waals surface area (Å²) >= 11 is 0. The van der Waals surface area contributed by atoms with Gasteiger partial charge in [-0.05, 0) is 12.8 Å². The zero-order valence-electron chi connectivity index (χ0n) is 7.50. The predicted octanol–water partition coefficient (Wildman–Crippen LogP) is 1.66. The van der Waals surface area contributed by atoms with Crippen molar-refractivity contribution < 1.29 is 18.0 Å². The molecule has 0 aliphatic heterocycles. The number of alkyl halides is 3. The van der Waals surface area contributed by atoms with Crippen LogP contribution in [0.5, 0.6) is 0 Å². The first-order valence-corrected chi connectivity index (χ1v) is 4.42. The molecule has 0 fully saturated rings. The second-order valence-electron chi connectivity index (χ2n) is 3.37. The van der Waals surface area contributed by atoms with E-state index < -0.39 is 30.3 Å². The molecule has 5 heteroatoms. The van der Waals surface area contributed by atoms with Gasteiger partial charge in [0.25, 0.3) is 6.43 Å². The van der Waals surface area contributed by atoms with Gasteiger partial charge in [0.05, 0.1) is 0 Å². The van der Waals surface area contributed by atoms with E-state index in [4.69, 9.17) is 5.73 Å². The Labute approximate surface area is 80.0 Å². The van der Waals surface area contributed by atoms with Gasteiger partial charge in [0.1, 0.15) is 0 Å². The lowest BCUT2D eigenvalue weighted by Gasteiger charge is -2.27. The number of nitrogens with two attached hydrogens (primary N) is 1. The van der Waals surface area contributed by atoms with Gasteiger partial charge in [0, 0.05) is 11.8 Å². The Bertz CT molecular complexity index is 242. The molecule has 0 saturated heterocycles. The lowest BCUT2D eigenvalue weighted by atomic mass is 9.80. The zero-order chi connectivity index (χ0) is 10.7. The number of hydrogen-bond acceptors (Lipinski definition) is 1. The summed E-state index contributed by atoms with van der Waals surface area (Å²) < 4.78 is 37.2. The highest BCUT2D eigenvalue weighted by Crippen LogP contribution is 2.31. The lowest BCUT2D eigenvalue weighted by molar-refractivity contribution is -0.125. The Morgan fingerprint density at radius 3 is 2.57 bits per heavy atom. The van der Waals surface area contributed by atoms with Crippen LogP contribution in [0.2, 0.25) is 0 Å². The second-order valence-corrected chi connectivity index (χ2v) is 3.37. The minimum absolute atomic E-state index is 0.351. The minimum Gasteiger partial charge on any atom is -0.369 e. The van der Waals surface area contributed by atoms with Gasteiger partial charge in [-0.1, -0.05) is 12.2 Å². The maximum atomic E-state index is 13.0. The molecular formula is C9H12F3NO. The summed E-state index contributed by atoms with van der Waals surface area (Å²) in [7, 11) is 0. The molecule has 1 aliphatic rings. The molecule has 14 heavy (non-hydrogen) atoms. The van der Waals surface area contributed by atoms with E-state index in [1.807, 2.05) is 0 Å². The van der Waals surface area contributed by atoms with Crippen LogP contribution >= 0.6 is 0 Å². The highest BCUT2D eigenvalue weighted by Gasteiger charge is 2.37. The van der Waals surface area contributed by atoms with E-state index >= 15 is 0 Å². The fourth-order valence-electron chi connectivity index (χ4n) is 1.68. The normalized spacial score (nSPS) is 29.1. The van der Waals surface area contributed by atoms with Crippen molar-refractivity contribution >= 4 is 5.91 Å². The topological polar surface area (TPSA) is 43.1 Å². The molecule has 0 aromatic heterocycles. The lowest BCUT2D eigenvalue weighted by Crippen LogP contribution is -2.37. The van der Waals surface area contributed by atoms with Crippen molar-refractivity contribution in [1.29, 1.82) is 0 Å². The van der Waals surface area contributed by atoms with Gasteiger partial charge in [0.2, 0.25) is 5.91 Å². The maximum Gasteiger partial charge on any atom is 0.269 e. The van der Waals surface area contributed by atoms with Gasteiger partial charge >= 0.3 is 0 Å². The van der Waals surface area contributed by atoms with Crippen molar-refractivity contribution in [2.45, 2.75) is 25.4 Å². The van der Waals surface area contributed by atoms with Crippen molar-refractivity contribution in [3.05, 3.63) is 12.2 Å². The number of hydrogen-bond donors (Lipinski definition) is 1. The Morgan fingerprint density at radius 1 is 1.43 bits per heavy atom. The van der Waals surface area contributed by atoms with Crippen LogP contribution in [0.3, 0.4) is 0 Å². The first-order valence-electron chi connectivity index (χ1n) is 4.42. The summed E-state index contributed by atoms with van der Waals surface area (Å²) in [5, 5.41) is 0. The number of carbonyl (C=O) groups is 1. The van der Waals surface area contributed by atoms with Gasteiger partial charge < -0.3 is 5.73 Å². The van der Waals surface area contributed by atoms with Crippen molar-refractivity contribution in [2.24, 2.45) is 17.6 Å². The highest BCUT2D eigenvalue weighted by atomic mass is 19.3. The average molecular weight is 207 g/mol. The van der Waals surface area contributed by atoms with Crippen molar-refractivity contribution in [3.8, 4) is 0 Å². The summed E-state index contributed by atoms with van der Waals surface area (Å²) in [5.41, 5.74) is 5.01. The number of rotatable bonds is 3. The van der Waals surface area contributed by atoms with Crippen LogP contribution in [0.15, 0.2) is 12.2 Å². The molecule has 3 atom stereocenters. The van der Waals surface area contributed by atoms with E-state index in [9.17, 15) is 18.0 Å². The quantitative estimate of drug-likeness (QED) is 0.702. The van der Waals surface area contributed by atoms with E-state index in [1.54, 1.807) is 6.08 Å². The van der Waals surface area contributed by atoms with Crippen LogP contribution < -0.4 is 5.73 Å². The second kappa shape index (κ2) is 4.48. The summed E-state index contributed by atoms with van der Waals surface area (Å²) in [6, 6.07) is 0. The average Bonchev–Trinajstić information content (AvgIpc) is 2.16. The van der Waals surface area contributed by atoms with Gasteiger partial charge in [-0.25, -0.2) is 13.2 Å². The standard InChI is InChI=1S/C9H12F3NO/c10-7(8(11)12)5-3-1-2-4-6(5)9(13)14/h1,3,5-8H,2,4H2,(H2,13,14). The molecule has 1 rings (SSSR count). The monoisotopic (exact) mass is 207 g/mol. The smallest absolute Gasteiger partial charge is 0.269 e. The van der Waals surface area contributed by atoms with E-state index in [-0.39, 0.29) is 0 Å². The molecular weight excluding hydrogens is 195 g/mol. The summed E-state index contributed by atoms with van der Waals surface area (Å²) in [4.78, 5) is 10.9. The minimum atomic E-state index is -3.07. The first-order chi connectivity index (χ1) is 6.54. The largest absolute Gasteiger partial charge is 0.369 e.